The molecule has 0 aliphatic carbocycles. The number of fused-ring (bicyclic) bond motifs is 1. The number of likely N-dealkylation sites (N-methyl/N-ethyl adjacent to an activating group) is 1. The van der Waals surface area contributed by atoms with E-state index < -0.39 is 6.04 Å². The first-order valence-corrected chi connectivity index (χ1v) is 9.00. The summed E-state index contributed by atoms with van der Waals surface area (Å²) in [6, 6.07) is 17.2. The molecule has 0 spiro atoms. The first-order valence-electron chi connectivity index (χ1n) is 9.00. The molecule has 0 unspecified atom stereocenters. The van der Waals surface area contributed by atoms with Gasteiger partial charge in [-0.1, -0.05) is 48.5 Å². The Morgan fingerprint density at radius 1 is 1.19 bits per heavy atom. The summed E-state index contributed by atoms with van der Waals surface area (Å²) in [5.41, 5.74) is 8.39. The molecule has 2 N–H and O–H groups in total. The second kappa shape index (κ2) is 8.34. The van der Waals surface area contributed by atoms with E-state index in [1.165, 1.54) is 0 Å². The highest BCUT2D eigenvalue weighted by molar-refractivity contribution is 5.82. The van der Waals surface area contributed by atoms with Crippen molar-refractivity contribution in [1.29, 1.82) is 0 Å². The zero-order valence-electron chi connectivity index (χ0n) is 15.5. The molecule has 2 aromatic rings. The normalized spacial score (nSPS) is 18.0. The molecule has 1 amide bonds. The Kier molecular flexibility index (Phi) is 5.91. The van der Waals surface area contributed by atoms with Crippen molar-refractivity contribution in [2.75, 3.05) is 27.2 Å². The lowest BCUT2D eigenvalue weighted by Crippen LogP contribution is -2.53. The molecule has 1 heterocycles. The van der Waals surface area contributed by atoms with Gasteiger partial charge in [-0.15, -0.1) is 0 Å². The van der Waals surface area contributed by atoms with Crippen LogP contribution in [0.5, 0.6) is 5.75 Å². The fourth-order valence-electron chi connectivity index (χ4n) is 3.36. The number of rotatable bonds is 5. The largest absolute Gasteiger partial charge is 0.491 e. The molecular weight excluding hydrogens is 326 g/mol. The summed E-state index contributed by atoms with van der Waals surface area (Å²) < 4.78 is 5.98. The second-order valence-electron chi connectivity index (χ2n) is 7.10. The Bertz CT molecular complexity index is 733. The maximum Gasteiger partial charge on any atom is 0.240 e. The van der Waals surface area contributed by atoms with Crippen LogP contribution in [0, 0.1) is 0 Å². The van der Waals surface area contributed by atoms with Gasteiger partial charge in [0.25, 0.3) is 0 Å². The van der Waals surface area contributed by atoms with E-state index in [1.54, 1.807) is 0 Å². The number of benzene rings is 2. The number of ether oxygens (including phenoxy) is 1. The lowest BCUT2D eigenvalue weighted by atomic mass is 10.0. The van der Waals surface area contributed by atoms with Gasteiger partial charge in [0, 0.05) is 18.7 Å². The number of hydrogen-bond acceptors (Lipinski definition) is 4. The Morgan fingerprint density at radius 3 is 2.62 bits per heavy atom. The van der Waals surface area contributed by atoms with Crippen molar-refractivity contribution in [1.82, 2.24) is 9.80 Å². The third kappa shape index (κ3) is 4.42. The predicted molar refractivity (Wildman–Crippen MR) is 103 cm³/mol. The van der Waals surface area contributed by atoms with E-state index in [4.69, 9.17) is 10.5 Å². The van der Waals surface area contributed by atoms with E-state index in [-0.39, 0.29) is 11.9 Å². The average Bonchev–Trinajstić information content (AvgIpc) is 2.81. The number of para-hydroxylation sites is 1. The third-order valence-electron chi connectivity index (χ3n) is 4.66. The number of nitrogens with two attached hydrogens (primary N) is 1. The smallest absolute Gasteiger partial charge is 0.240 e. The van der Waals surface area contributed by atoms with Crippen LogP contribution in [0.1, 0.15) is 11.1 Å². The summed E-state index contributed by atoms with van der Waals surface area (Å²) in [5.74, 6) is 0.823. The molecule has 0 saturated carbocycles. The van der Waals surface area contributed by atoms with Crippen LogP contribution in [0.25, 0.3) is 0 Å². The molecule has 5 nitrogen and oxygen atoms in total. The molecule has 5 heteroatoms. The van der Waals surface area contributed by atoms with Gasteiger partial charge in [-0.25, -0.2) is 0 Å². The Morgan fingerprint density at radius 2 is 1.88 bits per heavy atom. The predicted octanol–water partition coefficient (Wildman–Crippen LogP) is 1.91. The quantitative estimate of drug-likeness (QED) is 0.892. The highest BCUT2D eigenvalue weighted by Crippen LogP contribution is 2.25. The molecule has 2 aromatic carbocycles. The van der Waals surface area contributed by atoms with Gasteiger partial charge < -0.3 is 20.3 Å². The number of nitrogens with zero attached hydrogens (tertiary/aromatic N) is 2. The van der Waals surface area contributed by atoms with Gasteiger partial charge in [0.15, 0.2) is 0 Å². The fourth-order valence-corrected chi connectivity index (χ4v) is 3.36. The Labute approximate surface area is 155 Å². The monoisotopic (exact) mass is 353 g/mol. The van der Waals surface area contributed by atoms with Crippen molar-refractivity contribution in [3.05, 3.63) is 65.7 Å². The minimum Gasteiger partial charge on any atom is -0.491 e. The molecule has 0 radical (unpaired) electrons. The van der Waals surface area contributed by atoms with E-state index in [0.29, 0.717) is 19.6 Å². The fraction of sp³-hybridized carbons (Fsp3) is 0.381. The number of hydrogen-bond donors (Lipinski definition) is 1. The van der Waals surface area contributed by atoms with Gasteiger partial charge in [0.1, 0.15) is 12.4 Å². The van der Waals surface area contributed by atoms with Crippen LogP contribution in [-0.2, 0) is 17.8 Å². The first-order chi connectivity index (χ1) is 12.5. The number of carbonyl (C=O) groups excluding carboxylic acids is 1. The maximum absolute atomic E-state index is 13.2. The van der Waals surface area contributed by atoms with Crippen LogP contribution in [-0.4, -0.2) is 55.0 Å². The van der Waals surface area contributed by atoms with Crippen molar-refractivity contribution in [3.8, 4) is 5.75 Å². The van der Waals surface area contributed by atoms with Crippen LogP contribution < -0.4 is 10.5 Å². The first kappa shape index (κ1) is 18.4. The van der Waals surface area contributed by atoms with Crippen molar-refractivity contribution < 1.29 is 9.53 Å². The van der Waals surface area contributed by atoms with Crippen molar-refractivity contribution in [3.63, 3.8) is 0 Å². The average molecular weight is 353 g/mol. The van der Waals surface area contributed by atoms with Crippen molar-refractivity contribution in [2.45, 2.75) is 25.0 Å². The van der Waals surface area contributed by atoms with Gasteiger partial charge in [0.05, 0.1) is 12.1 Å². The van der Waals surface area contributed by atoms with E-state index in [0.717, 1.165) is 23.4 Å². The summed E-state index contributed by atoms with van der Waals surface area (Å²) in [6.07, 6.45) is 0.535. The summed E-state index contributed by atoms with van der Waals surface area (Å²) in [7, 11) is 4.01. The molecule has 26 heavy (non-hydrogen) atoms. The van der Waals surface area contributed by atoms with Gasteiger partial charge in [-0.05, 0) is 32.1 Å². The summed E-state index contributed by atoms with van der Waals surface area (Å²) >= 11 is 0. The van der Waals surface area contributed by atoms with Gasteiger partial charge in [0.2, 0.25) is 5.91 Å². The zero-order valence-corrected chi connectivity index (χ0v) is 15.5. The molecule has 0 bridgehead atoms. The standard InChI is InChI=1S/C21H27N3O2/c1-23(2)14-18-15-26-20-11-7-6-10-17(20)13-24(18)21(25)19(22)12-16-8-4-3-5-9-16/h3-11,18-19H,12-15,22H2,1-2H3/t18-,19-/m0/s1. The highest BCUT2D eigenvalue weighted by Gasteiger charge is 2.31. The summed E-state index contributed by atoms with van der Waals surface area (Å²) in [6.45, 7) is 1.73. The lowest BCUT2D eigenvalue weighted by molar-refractivity contribution is -0.136. The minimum absolute atomic E-state index is 0.0268. The highest BCUT2D eigenvalue weighted by atomic mass is 16.5. The molecule has 0 aromatic heterocycles. The van der Waals surface area contributed by atoms with Crippen LogP contribution in [0.2, 0.25) is 0 Å². The second-order valence-corrected chi connectivity index (χ2v) is 7.10. The SMILES string of the molecule is CN(C)C[C@H]1COc2ccccc2CN1C(=O)[C@@H](N)Cc1ccccc1. The van der Waals surface area contributed by atoms with Crippen LogP contribution in [0.4, 0.5) is 0 Å². The van der Waals surface area contributed by atoms with Gasteiger partial charge in [-0.2, -0.15) is 0 Å². The number of amides is 1. The number of carbonyl (C=O) groups is 1. The van der Waals surface area contributed by atoms with E-state index in [1.807, 2.05) is 73.6 Å². The van der Waals surface area contributed by atoms with Crippen LogP contribution >= 0.6 is 0 Å². The maximum atomic E-state index is 13.2. The van der Waals surface area contributed by atoms with Gasteiger partial charge in [-0.3, -0.25) is 4.79 Å². The van der Waals surface area contributed by atoms with E-state index in [2.05, 4.69) is 4.90 Å². The lowest BCUT2D eigenvalue weighted by Gasteiger charge is -2.33. The van der Waals surface area contributed by atoms with Gasteiger partial charge >= 0.3 is 0 Å². The Balaban J connectivity index is 1.81. The molecule has 0 saturated heterocycles. The van der Waals surface area contributed by atoms with E-state index >= 15 is 0 Å². The molecule has 1 aliphatic rings. The third-order valence-corrected chi connectivity index (χ3v) is 4.66. The molecular formula is C21H27N3O2. The molecule has 1 aliphatic heterocycles. The topological polar surface area (TPSA) is 58.8 Å². The van der Waals surface area contributed by atoms with Crippen LogP contribution in [0.15, 0.2) is 54.6 Å². The molecule has 2 atom stereocenters. The molecule has 138 valence electrons. The van der Waals surface area contributed by atoms with Crippen molar-refractivity contribution in [2.24, 2.45) is 5.73 Å². The summed E-state index contributed by atoms with van der Waals surface area (Å²) in [5, 5.41) is 0. The molecule has 0 fully saturated rings. The minimum atomic E-state index is -0.563. The molecule has 3 rings (SSSR count). The van der Waals surface area contributed by atoms with Crippen LogP contribution in [0.3, 0.4) is 0 Å². The summed E-state index contributed by atoms with van der Waals surface area (Å²) in [4.78, 5) is 17.1. The Hall–Kier alpha value is -2.37. The zero-order chi connectivity index (χ0) is 18.5. The van der Waals surface area contributed by atoms with E-state index in [9.17, 15) is 4.79 Å². The van der Waals surface area contributed by atoms with Crippen molar-refractivity contribution >= 4 is 5.91 Å².